The Morgan fingerprint density at radius 1 is 1.16 bits per heavy atom. The highest BCUT2D eigenvalue weighted by Crippen LogP contribution is 2.43. The lowest BCUT2D eigenvalue weighted by Crippen LogP contribution is -2.07. The number of epoxide rings is 1. The lowest BCUT2D eigenvalue weighted by atomic mass is 9.85. The molecule has 0 bridgehead atoms. The summed E-state index contributed by atoms with van der Waals surface area (Å²) in [5.41, 5.74) is 1.27. The number of ether oxygens (including phenoxy) is 2. The van der Waals surface area contributed by atoms with Crippen molar-refractivity contribution in [3.05, 3.63) is 29.8 Å². The zero-order valence-corrected chi connectivity index (χ0v) is 11.8. The van der Waals surface area contributed by atoms with Gasteiger partial charge in [-0.1, -0.05) is 44.2 Å². The number of hydrogen-bond acceptors (Lipinski definition) is 2. The monoisotopic (exact) mass is 260 g/mol. The van der Waals surface area contributed by atoms with Crippen molar-refractivity contribution in [2.45, 2.75) is 57.2 Å². The summed E-state index contributed by atoms with van der Waals surface area (Å²) in [6, 6.07) is 8.29. The maximum absolute atomic E-state index is 5.84. The molecule has 2 heteroatoms. The van der Waals surface area contributed by atoms with E-state index in [2.05, 4.69) is 12.1 Å². The number of methoxy groups -OCH3 is 1. The van der Waals surface area contributed by atoms with Crippen molar-refractivity contribution in [3.63, 3.8) is 0 Å². The standard InChI is InChI=1S/C17H24O2/c1-18-15-9-5-8-14(12-15)17-16(19-17)11-10-13-6-3-2-4-7-13/h5,8-9,12-13,16-17H,2-4,6-7,10-11H2,1H3/t16-,17-/m0/s1. The Hall–Kier alpha value is -1.02. The SMILES string of the molecule is COc1cccc([C@@H]2O[C@H]2CCC2CCCCC2)c1. The van der Waals surface area contributed by atoms with Gasteiger partial charge in [0.2, 0.25) is 0 Å². The number of rotatable bonds is 5. The van der Waals surface area contributed by atoms with E-state index in [0.717, 1.165) is 11.7 Å². The van der Waals surface area contributed by atoms with Crippen LogP contribution in [0.2, 0.25) is 0 Å². The molecular formula is C17H24O2. The smallest absolute Gasteiger partial charge is 0.119 e. The molecule has 3 rings (SSSR count). The van der Waals surface area contributed by atoms with E-state index >= 15 is 0 Å². The van der Waals surface area contributed by atoms with Crippen molar-refractivity contribution >= 4 is 0 Å². The molecule has 0 unspecified atom stereocenters. The van der Waals surface area contributed by atoms with Gasteiger partial charge in [0, 0.05) is 0 Å². The molecule has 1 saturated heterocycles. The van der Waals surface area contributed by atoms with Crippen LogP contribution in [0.4, 0.5) is 0 Å². The Morgan fingerprint density at radius 3 is 2.79 bits per heavy atom. The van der Waals surface area contributed by atoms with Gasteiger partial charge in [-0.3, -0.25) is 0 Å². The van der Waals surface area contributed by atoms with Crippen LogP contribution in [0.15, 0.2) is 24.3 Å². The fourth-order valence-electron chi connectivity index (χ4n) is 3.35. The molecule has 0 aromatic heterocycles. The average Bonchev–Trinajstić information content (AvgIpc) is 3.26. The van der Waals surface area contributed by atoms with Crippen LogP contribution in [0.25, 0.3) is 0 Å². The maximum atomic E-state index is 5.84. The molecular weight excluding hydrogens is 236 g/mol. The molecule has 1 aromatic carbocycles. The van der Waals surface area contributed by atoms with Gasteiger partial charge in [-0.15, -0.1) is 0 Å². The summed E-state index contributed by atoms with van der Waals surface area (Å²) >= 11 is 0. The topological polar surface area (TPSA) is 21.8 Å². The lowest BCUT2D eigenvalue weighted by Gasteiger charge is -2.20. The van der Waals surface area contributed by atoms with Crippen LogP contribution in [0.5, 0.6) is 5.75 Å². The largest absolute Gasteiger partial charge is 0.497 e. The first-order chi connectivity index (χ1) is 9.36. The minimum atomic E-state index is 0.318. The van der Waals surface area contributed by atoms with Crippen LogP contribution in [-0.4, -0.2) is 13.2 Å². The highest BCUT2D eigenvalue weighted by molar-refractivity contribution is 5.32. The van der Waals surface area contributed by atoms with Crippen molar-refractivity contribution in [2.24, 2.45) is 5.92 Å². The van der Waals surface area contributed by atoms with Gasteiger partial charge in [0.05, 0.1) is 13.2 Å². The molecule has 2 atom stereocenters. The predicted molar refractivity (Wildman–Crippen MR) is 76.4 cm³/mol. The average molecular weight is 260 g/mol. The normalized spacial score (nSPS) is 27.2. The summed E-state index contributed by atoms with van der Waals surface area (Å²) in [7, 11) is 1.72. The second kappa shape index (κ2) is 5.96. The van der Waals surface area contributed by atoms with Crippen molar-refractivity contribution in [1.82, 2.24) is 0 Å². The second-order valence-electron chi connectivity index (χ2n) is 5.95. The fourth-order valence-corrected chi connectivity index (χ4v) is 3.35. The Kier molecular flexibility index (Phi) is 4.07. The van der Waals surface area contributed by atoms with Crippen LogP contribution >= 0.6 is 0 Å². The van der Waals surface area contributed by atoms with E-state index in [4.69, 9.17) is 9.47 Å². The Labute approximate surface area is 116 Å². The zero-order valence-electron chi connectivity index (χ0n) is 11.8. The molecule has 2 nitrogen and oxygen atoms in total. The molecule has 0 amide bonds. The van der Waals surface area contributed by atoms with Crippen molar-refractivity contribution in [2.75, 3.05) is 7.11 Å². The summed E-state index contributed by atoms with van der Waals surface area (Å²) in [6.45, 7) is 0. The molecule has 1 saturated carbocycles. The quantitative estimate of drug-likeness (QED) is 0.727. The first-order valence-corrected chi connectivity index (χ1v) is 7.66. The van der Waals surface area contributed by atoms with Crippen molar-refractivity contribution in [3.8, 4) is 5.75 Å². The molecule has 0 N–H and O–H groups in total. The molecule has 0 spiro atoms. The number of benzene rings is 1. The molecule has 1 aromatic rings. The van der Waals surface area contributed by atoms with Gasteiger partial charge in [-0.25, -0.2) is 0 Å². The van der Waals surface area contributed by atoms with Gasteiger partial charge in [-0.2, -0.15) is 0 Å². The van der Waals surface area contributed by atoms with E-state index in [0.29, 0.717) is 12.2 Å². The number of hydrogen-bond donors (Lipinski definition) is 0. The fraction of sp³-hybridized carbons (Fsp3) is 0.647. The molecule has 104 valence electrons. The van der Waals surface area contributed by atoms with Gasteiger partial charge in [-0.05, 0) is 36.5 Å². The van der Waals surface area contributed by atoms with Gasteiger partial charge >= 0.3 is 0 Å². The zero-order chi connectivity index (χ0) is 13.1. The summed E-state index contributed by atoms with van der Waals surface area (Å²) in [4.78, 5) is 0. The van der Waals surface area contributed by atoms with E-state index in [1.807, 2.05) is 12.1 Å². The first kappa shape index (κ1) is 13.0. The summed E-state index contributed by atoms with van der Waals surface area (Å²) in [6.07, 6.45) is 10.6. The molecule has 2 fully saturated rings. The van der Waals surface area contributed by atoms with Crippen molar-refractivity contribution < 1.29 is 9.47 Å². The Morgan fingerprint density at radius 2 is 2.00 bits per heavy atom. The van der Waals surface area contributed by atoms with E-state index < -0.39 is 0 Å². The molecule has 0 radical (unpaired) electrons. The molecule has 1 aliphatic heterocycles. The predicted octanol–water partition coefficient (Wildman–Crippen LogP) is 4.50. The Bertz CT molecular complexity index is 409. The Balaban J connectivity index is 1.47. The molecule has 1 aliphatic carbocycles. The lowest BCUT2D eigenvalue weighted by molar-refractivity contribution is 0.305. The minimum Gasteiger partial charge on any atom is -0.497 e. The van der Waals surface area contributed by atoms with E-state index in [1.54, 1.807) is 7.11 Å². The van der Waals surface area contributed by atoms with Gasteiger partial charge < -0.3 is 9.47 Å². The molecule has 19 heavy (non-hydrogen) atoms. The third-order valence-electron chi connectivity index (χ3n) is 4.59. The van der Waals surface area contributed by atoms with Crippen LogP contribution in [0.1, 0.15) is 56.6 Å². The first-order valence-electron chi connectivity index (χ1n) is 7.66. The van der Waals surface area contributed by atoms with E-state index in [9.17, 15) is 0 Å². The van der Waals surface area contributed by atoms with E-state index in [-0.39, 0.29) is 0 Å². The van der Waals surface area contributed by atoms with Crippen molar-refractivity contribution in [1.29, 1.82) is 0 Å². The summed E-state index contributed by atoms with van der Waals surface area (Å²) < 4.78 is 11.1. The van der Waals surface area contributed by atoms with Gasteiger partial charge in [0.1, 0.15) is 11.9 Å². The van der Waals surface area contributed by atoms with Gasteiger partial charge in [0.15, 0.2) is 0 Å². The van der Waals surface area contributed by atoms with Crippen LogP contribution < -0.4 is 4.74 Å². The molecule has 1 heterocycles. The minimum absolute atomic E-state index is 0.318. The summed E-state index contributed by atoms with van der Waals surface area (Å²) in [5, 5.41) is 0. The highest BCUT2D eigenvalue weighted by Gasteiger charge is 2.40. The third-order valence-corrected chi connectivity index (χ3v) is 4.59. The molecule has 2 aliphatic rings. The maximum Gasteiger partial charge on any atom is 0.119 e. The third kappa shape index (κ3) is 3.30. The van der Waals surface area contributed by atoms with Crippen LogP contribution in [-0.2, 0) is 4.74 Å². The summed E-state index contributed by atoms with van der Waals surface area (Å²) in [5.74, 6) is 1.89. The second-order valence-corrected chi connectivity index (χ2v) is 5.95. The van der Waals surface area contributed by atoms with Crippen LogP contribution in [0.3, 0.4) is 0 Å². The van der Waals surface area contributed by atoms with E-state index in [1.165, 1.54) is 50.5 Å². The highest BCUT2D eigenvalue weighted by atomic mass is 16.6. The van der Waals surface area contributed by atoms with Gasteiger partial charge in [0.25, 0.3) is 0 Å². The van der Waals surface area contributed by atoms with Crippen LogP contribution in [0, 0.1) is 5.92 Å².